The minimum Gasteiger partial charge on any atom is -0.385 e. The number of rotatable bonds is 13. The van der Waals surface area contributed by atoms with E-state index >= 15 is 0 Å². The highest BCUT2D eigenvalue weighted by Crippen LogP contribution is 2.18. The first-order valence-corrected chi connectivity index (χ1v) is 10.6. The van der Waals surface area contributed by atoms with Crippen molar-refractivity contribution in [1.82, 2.24) is 25.3 Å². The Morgan fingerprint density at radius 3 is 2.68 bits per heavy atom. The first-order valence-electron chi connectivity index (χ1n) is 10.6. The number of hydrogen-bond acceptors (Lipinski definition) is 5. The Morgan fingerprint density at radius 1 is 1.21 bits per heavy atom. The summed E-state index contributed by atoms with van der Waals surface area (Å²) < 4.78 is 5.09. The Bertz CT molecular complexity index is 458. The molecule has 164 valence electrons. The van der Waals surface area contributed by atoms with E-state index in [2.05, 4.69) is 39.4 Å². The molecule has 0 aliphatic carbocycles. The summed E-state index contributed by atoms with van der Waals surface area (Å²) in [5, 5.41) is 6.71. The van der Waals surface area contributed by atoms with Gasteiger partial charge in [-0.2, -0.15) is 0 Å². The second kappa shape index (κ2) is 14.6. The maximum atomic E-state index is 12.3. The van der Waals surface area contributed by atoms with Gasteiger partial charge in [-0.25, -0.2) is 0 Å². The third kappa shape index (κ3) is 9.71. The molecule has 0 bridgehead atoms. The molecule has 0 aromatic carbocycles. The highest BCUT2D eigenvalue weighted by molar-refractivity contribution is 5.81. The standard InChI is InChI=1S/C20H42N6O2/c1-6-21-20(23-12-16-25(4)13-9-17-28-5)22-11-8-15-26-14-7-10-18(26)19(27)24(2)3/h18H,6-17H2,1-5H3,(H2,21,22,23). The van der Waals surface area contributed by atoms with Gasteiger partial charge in [0.1, 0.15) is 0 Å². The molecule has 0 spiro atoms. The van der Waals surface area contributed by atoms with E-state index in [1.165, 1.54) is 0 Å². The van der Waals surface area contributed by atoms with E-state index in [-0.39, 0.29) is 11.9 Å². The molecule has 1 aliphatic heterocycles. The van der Waals surface area contributed by atoms with Crippen molar-refractivity contribution in [3.63, 3.8) is 0 Å². The molecular formula is C20H42N6O2. The third-order valence-corrected chi connectivity index (χ3v) is 4.98. The summed E-state index contributed by atoms with van der Waals surface area (Å²) in [5.41, 5.74) is 0. The Hall–Kier alpha value is -1.38. The van der Waals surface area contributed by atoms with E-state index in [4.69, 9.17) is 4.74 Å². The van der Waals surface area contributed by atoms with Crippen LogP contribution in [-0.4, -0.2) is 113 Å². The summed E-state index contributed by atoms with van der Waals surface area (Å²) in [6.45, 7) is 9.30. The van der Waals surface area contributed by atoms with Gasteiger partial charge in [-0.15, -0.1) is 0 Å². The molecule has 1 atom stereocenters. The number of likely N-dealkylation sites (tertiary alicyclic amines) is 1. The van der Waals surface area contributed by atoms with Crippen LogP contribution >= 0.6 is 0 Å². The molecule has 1 unspecified atom stereocenters. The summed E-state index contributed by atoms with van der Waals surface area (Å²) in [6, 6.07) is 0.0546. The number of carbonyl (C=O) groups is 1. The average Bonchev–Trinajstić information content (AvgIpc) is 3.13. The van der Waals surface area contributed by atoms with Crippen molar-refractivity contribution in [3.8, 4) is 0 Å². The molecule has 1 fully saturated rings. The van der Waals surface area contributed by atoms with E-state index in [1.54, 1.807) is 12.0 Å². The zero-order valence-corrected chi connectivity index (χ0v) is 18.7. The van der Waals surface area contributed by atoms with Crippen LogP contribution in [0.5, 0.6) is 0 Å². The fourth-order valence-electron chi connectivity index (χ4n) is 3.43. The van der Waals surface area contributed by atoms with E-state index in [0.29, 0.717) is 0 Å². The van der Waals surface area contributed by atoms with Crippen molar-refractivity contribution >= 4 is 11.9 Å². The lowest BCUT2D eigenvalue weighted by Crippen LogP contribution is -2.43. The Balaban J connectivity index is 2.31. The summed E-state index contributed by atoms with van der Waals surface area (Å²) in [7, 11) is 7.55. The highest BCUT2D eigenvalue weighted by atomic mass is 16.5. The van der Waals surface area contributed by atoms with Crippen LogP contribution in [0.3, 0.4) is 0 Å². The molecule has 28 heavy (non-hydrogen) atoms. The third-order valence-electron chi connectivity index (χ3n) is 4.98. The second-order valence-corrected chi connectivity index (χ2v) is 7.62. The molecule has 0 radical (unpaired) electrons. The number of ether oxygens (including phenoxy) is 1. The van der Waals surface area contributed by atoms with Gasteiger partial charge in [0.05, 0.1) is 6.04 Å². The maximum Gasteiger partial charge on any atom is 0.239 e. The fourth-order valence-corrected chi connectivity index (χ4v) is 3.43. The van der Waals surface area contributed by atoms with E-state index in [0.717, 1.165) is 84.1 Å². The van der Waals surface area contributed by atoms with Crippen LogP contribution in [0.2, 0.25) is 0 Å². The van der Waals surface area contributed by atoms with Crippen molar-refractivity contribution < 1.29 is 9.53 Å². The lowest BCUT2D eigenvalue weighted by atomic mass is 10.2. The molecule has 0 aromatic rings. The maximum absolute atomic E-state index is 12.3. The molecule has 1 heterocycles. The average molecular weight is 399 g/mol. The molecular weight excluding hydrogens is 356 g/mol. The predicted octanol–water partition coefficient (Wildman–Crippen LogP) is 0.453. The first kappa shape index (κ1) is 24.7. The van der Waals surface area contributed by atoms with Gasteiger partial charge in [-0.1, -0.05) is 0 Å². The topological polar surface area (TPSA) is 72.4 Å². The van der Waals surface area contributed by atoms with Crippen LogP contribution in [-0.2, 0) is 9.53 Å². The summed E-state index contributed by atoms with van der Waals surface area (Å²) in [5.74, 6) is 1.10. The Morgan fingerprint density at radius 2 is 2.00 bits per heavy atom. The molecule has 1 aliphatic rings. The number of aliphatic imine (C=N–C) groups is 1. The van der Waals surface area contributed by atoms with E-state index in [1.807, 2.05) is 14.1 Å². The van der Waals surface area contributed by atoms with Crippen molar-refractivity contribution in [2.24, 2.45) is 4.99 Å². The van der Waals surface area contributed by atoms with Gasteiger partial charge in [0, 0.05) is 67.1 Å². The van der Waals surface area contributed by atoms with Gasteiger partial charge >= 0.3 is 0 Å². The van der Waals surface area contributed by atoms with E-state index in [9.17, 15) is 4.79 Å². The lowest BCUT2D eigenvalue weighted by Gasteiger charge is -2.25. The minimum atomic E-state index is 0.0546. The second-order valence-electron chi connectivity index (χ2n) is 7.62. The first-order chi connectivity index (χ1) is 13.5. The summed E-state index contributed by atoms with van der Waals surface area (Å²) >= 11 is 0. The number of amides is 1. The molecule has 8 nitrogen and oxygen atoms in total. The summed E-state index contributed by atoms with van der Waals surface area (Å²) in [4.78, 5) is 23.3. The Kier molecular flexibility index (Phi) is 12.9. The lowest BCUT2D eigenvalue weighted by molar-refractivity contribution is -0.133. The van der Waals surface area contributed by atoms with Crippen molar-refractivity contribution in [1.29, 1.82) is 0 Å². The number of carbonyl (C=O) groups excluding carboxylic acids is 1. The van der Waals surface area contributed by atoms with Crippen LogP contribution in [0.4, 0.5) is 0 Å². The SMILES string of the molecule is CCNC(=NCCCN1CCCC1C(=O)N(C)C)NCCN(C)CCCOC. The monoisotopic (exact) mass is 398 g/mol. The van der Waals surface area contributed by atoms with Crippen molar-refractivity contribution in [3.05, 3.63) is 0 Å². The van der Waals surface area contributed by atoms with Crippen molar-refractivity contribution in [2.45, 2.75) is 38.6 Å². The molecule has 0 saturated carbocycles. The Labute approximate surface area is 171 Å². The smallest absolute Gasteiger partial charge is 0.239 e. The van der Waals surface area contributed by atoms with Gasteiger partial charge in [-0.05, 0) is 46.2 Å². The molecule has 8 heteroatoms. The van der Waals surface area contributed by atoms with Crippen LogP contribution in [0.15, 0.2) is 4.99 Å². The predicted molar refractivity (Wildman–Crippen MR) is 116 cm³/mol. The number of nitrogens with zero attached hydrogens (tertiary/aromatic N) is 4. The quantitative estimate of drug-likeness (QED) is 0.267. The number of guanidine groups is 1. The molecule has 1 saturated heterocycles. The summed E-state index contributed by atoms with van der Waals surface area (Å²) in [6.07, 6.45) is 4.09. The molecule has 0 aromatic heterocycles. The van der Waals surface area contributed by atoms with Gasteiger partial charge in [-0.3, -0.25) is 14.7 Å². The number of hydrogen-bond donors (Lipinski definition) is 2. The minimum absolute atomic E-state index is 0.0546. The fraction of sp³-hybridized carbons (Fsp3) is 0.900. The number of likely N-dealkylation sites (N-methyl/N-ethyl adjacent to an activating group) is 2. The highest BCUT2D eigenvalue weighted by Gasteiger charge is 2.30. The van der Waals surface area contributed by atoms with E-state index < -0.39 is 0 Å². The molecule has 1 amide bonds. The van der Waals surface area contributed by atoms with Crippen LogP contribution < -0.4 is 10.6 Å². The number of methoxy groups -OCH3 is 1. The van der Waals surface area contributed by atoms with Crippen molar-refractivity contribution in [2.75, 3.05) is 80.7 Å². The van der Waals surface area contributed by atoms with Crippen LogP contribution in [0.1, 0.15) is 32.6 Å². The van der Waals surface area contributed by atoms with Crippen LogP contribution in [0, 0.1) is 0 Å². The van der Waals surface area contributed by atoms with Gasteiger partial charge < -0.3 is 25.2 Å². The molecule has 1 rings (SSSR count). The van der Waals surface area contributed by atoms with Crippen LogP contribution in [0.25, 0.3) is 0 Å². The zero-order valence-electron chi connectivity index (χ0n) is 18.7. The number of nitrogens with one attached hydrogen (secondary N) is 2. The zero-order chi connectivity index (χ0) is 20.8. The van der Waals surface area contributed by atoms with Gasteiger partial charge in [0.25, 0.3) is 0 Å². The molecule has 2 N–H and O–H groups in total. The normalized spacial score (nSPS) is 17.9. The van der Waals surface area contributed by atoms with Gasteiger partial charge in [0.15, 0.2) is 5.96 Å². The van der Waals surface area contributed by atoms with Gasteiger partial charge in [0.2, 0.25) is 5.91 Å². The largest absolute Gasteiger partial charge is 0.385 e.